The fraction of sp³-hybridized carbons (Fsp3) is 0.750. The first kappa shape index (κ1) is 8.50. The second-order valence-corrected chi connectivity index (χ2v) is 3.35. The third-order valence-corrected chi connectivity index (χ3v) is 2.26. The van der Waals surface area contributed by atoms with Gasteiger partial charge in [-0.15, -0.1) is 5.10 Å². The van der Waals surface area contributed by atoms with Gasteiger partial charge in [0.15, 0.2) is 0 Å². The van der Waals surface area contributed by atoms with Crippen molar-refractivity contribution in [3.05, 3.63) is 5.89 Å². The van der Waals surface area contributed by atoms with Crippen LogP contribution in [0.15, 0.2) is 4.42 Å². The number of aryl methyl sites for hydroxylation is 1. The van der Waals surface area contributed by atoms with Crippen LogP contribution < -0.4 is 10.2 Å². The molecule has 1 fully saturated rings. The molecule has 1 atom stereocenters. The lowest BCUT2D eigenvalue weighted by molar-refractivity contribution is 0.437. The van der Waals surface area contributed by atoms with Crippen LogP contribution in [-0.2, 0) is 0 Å². The van der Waals surface area contributed by atoms with Crippen molar-refractivity contribution in [1.29, 1.82) is 0 Å². The van der Waals surface area contributed by atoms with E-state index in [1.807, 2.05) is 6.92 Å². The molecule has 1 aliphatic heterocycles. The molecular formula is C8H14N4O. The number of anilines is 1. The fourth-order valence-corrected chi connectivity index (χ4v) is 1.53. The molecule has 1 aliphatic rings. The van der Waals surface area contributed by atoms with Crippen LogP contribution >= 0.6 is 0 Å². The number of aromatic nitrogens is 2. The zero-order valence-electron chi connectivity index (χ0n) is 7.95. The molecule has 1 saturated heterocycles. The van der Waals surface area contributed by atoms with E-state index in [-0.39, 0.29) is 0 Å². The fourth-order valence-electron chi connectivity index (χ4n) is 1.53. The van der Waals surface area contributed by atoms with Crippen LogP contribution in [-0.4, -0.2) is 35.9 Å². The molecule has 2 rings (SSSR count). The second kappa shape index (κ2) is 3.33. The minimum absolute atomic E-state index is 0.425. The van der Waals surface area contributed by atoms with Gasteiger partial charge < -0.3 is 14.6 Å². The molecule has 0 radical (unpaired) electrons. The first-order valence-electron chi connectivity index (χ1n) is 4.55. The van der Waals surface area contributed by atoms with E-state index in [0.29, 0.717) is 17.9 Å². The van der Waals surface area contributed by atoms with Crippen molar-refractivity contribution in [2.24, 2.45) is 0 Å². The van der Waals surface area contributed by atoms with Gasteiger partial charge in [0.25, 0.3) is 0 Å². The minimum atomic E-state index is 0.425. The predicted octanol–water partition coefficient (Wildman–Crippen LogP) is 0.176. The largest absolute Gasteiger partial charge is 0.408 e. The molecule has 5 heteroatoms. The summed E-state index contributed by atoms with van der Waals surface area (Å²) in [5, 5.41) is 11.1. The molecule has 0 saturated carbocycles. The molecule has 0 aliphatic carbocycles. The Kier molecular flexibility index (Phi) is 2.18. The van der Waals surface area contributed by atoms with Crippen molar-refractivity contribution in [3.8, 4) is 0 Å². The van der Waals surface area contributed by atoms with Gasteiger partial charge in [-0.3, -0.25) is 0 Å². The average Bonchev–Trinajstić information content (AvgIpc) is 2.53. The second-order valence-electron chi connectivity index (χ2n) is 3.35. The zero-order chi connectivity index (χ0) is 9.26. The number of nitrogens with one attached hydrogen (secondary N) is 1. The van der Waals surface area contributed by atoms with E-state index in [1.165, 1.54) is 0 Å². The van der Waals surface area contributed by atoms with E-state index in [1.54, 1.807) is 0 Å². The van der Waals surface area contributed by atoms with E-state index in [9.17, 15) is 0 Å². The number of piperazine rings is 1. The number of nitrogens with zero attached hydrogens (tertiary/aromatic N) is 3. The molecule has 0 bridgehead atoms. The highest BCUT2D eigenvalue weighted by Gasteiger charge is 2.22. The van der Waals surface area contributed by atoms with Crippen LogP contribution in [0, 0.1) is 6.92 Å². The number of hydrogen-bond donors (Lipinski definition) is 1. The summed E-state index contributed by atoms with van der Waals surface area (Å²) in [4.78, 5) is 2.14. The maximum atomic E-state index is 5.37. The van der Waals surface area contributed by atoms with Gasteiger partial charge in [0.05, 0.1) is 0 Å². The van der Waals surface area contributed by atoms with Crippen molar-refractivity contribution in [2.75, 3.05) is 24.5 Å². The third-order valence-electron chi connectivity index (χ3n) is 2.26. The summed E-state index contributed by atoms with van der Waals surface area (Å²) >= 11 is 0. The maximum absolute atomic E-state index is 5.37. The smallest absolute Gasteiger partial charge is 0.318 e. The maximum Gasteiger partial charge on any atom is 0.318 e. The Morgan fingerprint density at radius 2 is 2.38 bits per heavy atom. The van der Waals surface area contributed by atoms with Crippen molar-refractivity contribution in [3.63, 3.8) is 0 Å². The molecular weight excluding hydrogens is 168 g/mol. The lowest BCUT2D eigenvalue weighted by atomic mass is 10.2. The molecule has 13 heavy (non-hydrogen) atoms. The van der Waals surface area contributed by atoms with E-state index >= 15 is 0 Å². The molecule has 1 N–H and O–H groups in total. The summed E-state index contributed by atoms with van der Waals surface area (Å²) in [5.41, 5.74) is 0. The molecule has 0 aromatic carbocycles. The summed E-state index contributed by atoms with van der Waals surface area (Å²) < 4.78 is 5.37. The summed E-state index contributed by atoms with van der Waals surface area (Å²) in [7, 11) is 0. The Morgan fingerprint density at radius 1 is 1.54 bits per heavy atom. The summed E-state index contributed by atoms with van der Waals surface area (Å²) in [6.07, 6.45) is 0. The standard InChI is InChI=1S/C8H14N4O/c1-6-5-9-3-4-12(6)8-11-10-7(2)13-8/h6,9H,3-5H2,1-2H3. The number of hydrogen-bond acceptors (Lipinski definition) is 5. The lowest BCUT2D eigenvalue weighted by Crippen LogP contribution is -2.50. The molecule has 72 valence electrons. The highest BCUT2D eigenvalue weighted by atomic mass is 16.4. The lowest BCUT2D eigenvalue weighted by Gasteiger charge is -2.32. The summed E-state index contributed by atoms with van der Waals surface area (Å²) in [6.45, 7) is 6.84. The Labute approximate surface area is 77.1 Å². The van der Waals surface area contributed by atoms with Crippen LogP contribution in [0.25, 0.3) is 0 Å². The normalized spacial score (nSPS) is 23.5. The van der Waals surface area contributed by atoms with Crippen LogP contribution in [0.2, 0.25) is 0 Å². The Balaban J connectivity index is 2.14. The molecule has 0 amide bonds. The molecule has 1 aromatic heterocycles. The third kappa shape index (κ3) is 1.65. The minimum Gasteiger partial charge on any atom is -0.408 e. The van der Waals surface area contributed by atoms with Gasteiger partial charge >= 0.3 is 6.01 Å². The Morgan fingerprint density at radius 3 is 3.00 bits per heavy atom. The quantitative estimate of drug-likeness (QED) is 0.671. The van der Waals surface area contributed by atoms with E-state index < -0.39 is 0 Å². The first-order valence-corrected chi connectivity index (χ1v) is 4.55. The van der Waals surface area contributed by atoms with Crippen molar-refractivity contribution < 1.29 is 4.42 Å². The topological polar surface area (TPSA) is 54.2 Å². The van der Waals surface area contributed by atoms with Gasteiger partial charge in [-0.2, -0.15) is 0 Å². The average molecular weight is 182 g/mol. The summed E-state index contributed by atoms with van der Waals surface area (Å²) in [5.74, 6) is 0.626. The summed E-state index contributed by atoms with van der Waals surface area (Å²) in [6, 6.07) is 1.07. The van der Waals surface area contributed by atoms with Crippen LogP contribution in [0.5, 0.6) is 0 Å². The van der Waals surface area contributed by atoms with E-state index in [2.05, 4.69) is 27.3 Å². The molecule has 0 spiro atoms. The Bertz CT molecular complexity index is 285. The highest BCUT2D eigenvalue weighted by Crippen LogP contribution is 2.15. The highest BCUT2D eigenvalue weighted by molar-refractivity contribution is 5.27. The Hall–Kier alpha value is -1.10. The number of rotatable bonds is 1. The molecule has 2 heterocycles. The SMILES string of the molecule is Cc1nnc(N2CCNCC2C)o1. The van der Waals surface area contributed by atoms with Gasteiger partial charge in [0.2, 0.25) is 5.89 Å². The molecule has 5 nitrogen and oxygen atoms in total. The van der Waals surface area contributed by atoms with Gasteiger partial charge in [-0.05, 0) is 6.92 Å². The van der Waals surface area contributed by atoms with Gasteiger partial charge in [0.1, 0.15) is 0 Å². The van der Waals surface area contributed by atoms with Crippen LogP contribution in [0.3, 0.4) is 0 Å². The van der Waals surface area contributed by atoms with Crippen LogP contribution in [0.4, 0.5) is 6.01 Å². The van der Waals surface area contributed by atoms with Gasteiger partial charge in [-0.25, -0.2) is 0 Å². The van der Waals surface area contributed by atoms with E-state index in [4.69, 9.17) is 4.42 Å². The van der Waals surface area contributed by atoms with Gasteiger partial charge in [-0.1, -0.05) is 5.10 Å². The van der Waals surface area contributed by atoms with Crippen molar-refractivity contribution in [1.82, 2.24) is 15.5 Å². The van der Waals surface area contributed by atoms with E-state index in [0.717, 1.165) is 19.6 Å². The molecule has 1 aromatic rings. The monoisotopic (exact) mass is 182 g/mol. The van der Waals surface area contributed by atoms with Crippen molar-refractivity contribution >= 4 is 6.01 Å². The predicted molar refractivity (Wildman–Crippen MR) is 48.7 cm³/mol. The zero-order valence-corrected chi connectivity index (χ0v) is 7.95. The first-order chi connectivity index (χ1) is 6.27. The van der Waals surface area contributed by atoms with Gasteiger partial charge in [0, 0.05) is 32.6 Å². The molecule has 1 unspecified atom stereocenters. The van der Waals surface area contributed by atoms with Crippen LogP contribution in [0.1, 0.15) is 12.8 Å². The van der Waals surface area contributed by atoms with Crippen molar-refractivity contribution in [2.45, 2.75) is 19.9 Å².